The summed E-state index contributed by atoms with van der Waals surface area (Å²) in [5.74, 6) is 1.40. The monoisotopic (exact) mass is 258 g/mol. The number of benzene rings is 1. The van der Waals surface area contributed by atoms with Crippen LogP contribution in [0.5, 0.6) is 5.75 Å². The first kappa shape index (κ1) is 13.3. The Labute approximate surface area is 103 Å². The van der Waals surface area contributed by atoms with Gasteiger partial charge in [-0.1, -0.05) is 0 Å². The number of carboxylic acids is 1. The lowest BCUT2D eigenvalue weighted by molar-refractivity contribution is -0.133. The van der Waals surface area contributed by atoms with E-state index in [1.165, 1.54) is 11.8 Å². The number of aryl methyl sites for hydroxylation is 1. The van der Waals surface area contributed by atoms with Crippen LogP contribution in [0.2, 0.25) is 0 Å². The van der Waals surface area contributed by atoms with Crippen molar-refractivity contribution in [3.63, 3.8) is 0 Å². The molecule has 0 amide bonds. The number of rotatable bonds is 6. The maximum atomic E-state index is 10.3. The van der Waals surface area contributed by atoms with Crippen LogP contribution in [0.15, 0.2) is 23.1 Å². The van der Waals surface area contributed by atoms with Gasteiger partial charge in [0.25, 0.3) is 0 Å². The average molecular weight is 258 g/mol. The van der Waals surface area contributed by atoms with Crippen LogP contribution in [0.25, 0.3) is 0 Å². The lowest BCUT2D eigenvalue weighted by atomic mass is 10.2. The summed E-state index contributed by atoms with van der Waals surface area (Å²) >= 11 is 3.09. The Balaban J connectivity index is 2.27. The Morgan fingerprint density at radius 1 is 1.38 bits per heavy atom. The second-order valence-corrected chi connectivity index (χ2v) is 5.52. The third-order valence-electron chi connectivity index (χ3n) is 1.89. The molecule has 2 N–H and O–H groups in total. The Morgan fingerprint density at radius 2 is 2.12 bits per heavy atom. The first-order valence-electron chi connectivity index (χ1n) is 4.81. The molecule has 1 aromatic carbocycles. The van der Waals surface area contributed by atoms with Crippen LogP contribution in [0.1, 0.15) is 5.56 Å². The highest BCUT2D eigenvalue weighted by Gasteiger charge is 2.00. The Kier molecular flexibility index (Phi) is 5.55. The number of phenolic OH excluding ortho intramolecular Hbond substituents is 1. The number of hydrogen-bond acceptors (Lipinski definition) is 4. The zero-order chi connectivity index (χ0) is 12.0. The van der Waals surface area contributed by atoms with E-state index in [9.17, 15) is 9.90 Å². The topological polar surface area (TPSA) is 57.5 Å². The lowest BCUT2D eigenvalue weighted by Crippen LogP contribution is -1.99. The summed E-state index contributed by atoms with van der Waals surface area (Å²) in [5.41, 5.74) is 0.864. The van der Waals surface area contributed by atoms with E-state index in [4.69, 9.17) is 5.11 Å². The fourth-order valence-corrected chi connectivity index (χ4v) is 2.88. The lowest BCUT2D eigenvalue weighted by Gasteiger charge is -2.03. The minimum atomic E-state index is -0.768. The van der Waals surface area contributed by atoms with Gasteiger partial charge in [0.15, 0.2) is 0 Å². The van der Waals surface area contributed by atoms with E-state index < -0.39 is 5.97 Å². The number of aromatic hydroxyl groups is 1. The van der Waals surface area contributed by atoms with E-state index in [1.54, 1.807) is 17.8 Å². The highest BCUT2D eigenvalue weighted by Crippen LogP contribution is 2.25. The summed E-state index contributed by atoms with van der Waals surface area (Å²) in [6.45, 7) is 1.86. The second-order valence-electron chi connectivity index (χ2n) is 3.24. The standard InChI is InChI=1S/C11H14O3S2/c1-8-6-9(2-3-10(8)12)16-5-4-15-7-11(13)14/h2-3,6,12H,4-5,7H2,1H3,(H,13,14). The van der Waals surface area contributed by atoms with Crippen molar-refractivity contribution in [3.05, 3.63) is 23.8 Å². The Morgan fingerprint density at radius 3 is 2.75 bits per heavy atom. The molecule has 0 atom stereocenters. The van der Waals surface area contributed by atoms with Gasteiger partial charge in [0, 0.05) is 16.4 Å². The molecule has 0 aliphatic heterocycles. The molecule has 0 radical (unpaired) electrons. The van der Waals surface area contributed by atoms with E-state index in [2.05, 4.69) is 0 Å². The van der Waals surface area contributed by atoms with Crippen LogP contribution >= 0.6 is 23.5 Å². The van der Waals surface area contributed by atoms with E-state index >= 15 is 0 Å². The molecule has 0 saturated carbocycles. The quantitative estimate of drug-likeness (QED) is 0.607. The predicted molar refractivity (Wildman–Crippen MR) is 68.5 cm³/mol. The first-order chi connectivity index (χ1) is 7.59. The highest BCUT2D eigenvalue weighted by atomic mass is 32.2. The Hall–Kier alpha value is -0.810. The SMILES string of the molecule is Cc1cc(SCCSCC(=O)O)ccc1O. The van der Waals surface area contributed by atoms with Crippen LogP contribution in [0, 0.1) is 6.92 Å². The van der Waals surface area contributed by atoms with Gasteiger partial charge in [-0.25, -0.2) is 0 Å². The van der Waals surface area contributed by atoms with Gasteiger partial charge >= 0.3 is 5.97 Å². The molecule has 0 bridgehead atoms. The molecule has 0 unspecified atom stereocenters. The molecule has 88 valence electrons. The molecule has 0 aliphatic carbocycles. The molecule has 0 spiro atoms. The molecule has 0 heterocycles. The third-order valence-corrected chi connectivity index (χ3v) is 4.09. The number of thioether (sulfide) groups is 2. The van der Waals surface area contributed by atoms with Gasteiger partial charge in [-0.3, -0.25) is 4.79 Å². The average Bonchev–Trinajstić information content (AvgIpc) is 2.22. The molecule has 3 nitrogen and oxygen atoms in total. The van der Waals surface area contributed by atoms with Gasteiger partial charge in [-0.05, 0) is 30.7 Å². The molecule has 16 heavy (non-hydrogen) atoms. The molecule has 1 rings (SSSR count). The number of phenols is 1. The van der Waals surface area contributed by atoms with Crippen molar-refractivity contribution in [1.82, 2.24) is 0 Å². The smallest absolute Gasteiger partial charge is 0.313 e. The Bertz CT molecular complexity index is 366. The number of carbonyl (C=O) groups is 1. The van der Waals surface area contributed by atoms with Gasteiger partial charge in [-0.15, -0.1) is 23.5 Å². The van der Waals surface area contributed by atoms with Gasteiger partial charge in [0.1, 0.15) is 5.75 Å². The van der Waals surface area contributed by atoms with Crippen molar-refractivity contribution >= 4 is 29.5 Å². The van der Waals surface area contributed by atoms with Crippen LogP contribution in [-0.2, 0) is 4.79 Å². The maximum absolute atomic E-state index is 10.3. The normalized spacial score (nSPS) is 10.3. The maximum Gasteiger partial charge on any atom is 0.313 e. The predicted octanol–water partition coefficient (Wildman–Crippen LogP) is 2.61. The zero-order valence-corrected chi connectivity index (χ0v) is 10.6. The second kappa shape index (κ2) is 6.70. The molecular formula is C11H14O3S2. The van der Waals surface area contributed by atoms with Crippen LogP contribution in [-0.4, -0.2) is 33.4 Å². The third kappa shape index (κ3) is 4.81. The van der Waals surface area contributed by atoms with Gasteiger partial charge in [0.2, 0.25) is 0 Å². The van der Waals surface area contributed by atoms with Crippen molar-refractivity contribution < 1.29 is 15.0 Å². The number of aliphatic carboxylic acids is 1. The highest BCUT2D eigenvalue weighted by molar-refractivity contribution is 8.03. The fraction of sp³-hybridized carbons (Fsp3) is 0.364. The summed E-state index contributed by atoms with van der Waals surface area (Å²) < 4.78 is 0. The van der Waals surface area contributed by atoms with Gasteiger partial charge < -0.3 is 10.2 Å². The van der Waals surface area contributed by atoms with Crippen molar-refractivity contribution in [1.29, 1.82) is 0 Å². The molecular weight excluding hydrogens is 244 g/mol. The summed E-state index contributed by atoms with van der Waals surface area (Å²) in [5, 5.41) is 17.8. The van der Waals surface area contributed by atoms with Crippen LogP contribution in [0.4, 0.5) is 0 Å². The van der Waals surface area contributed by atoms with E-state index in [0.29, 0.717) is 5.75 Å². The molecule has 5 heteroatoms. The largest absolute Gasteiger partial charge is 0.508 e. The molecule has 1 aromatic rings. The van der Waals surface area contributed by atoms with Crippen molar-refractivity contribution in [2.75, 3.05) is 17.3 Å². The molecule has 0 aliphatic rings. The van der Waals surface area contributed by atoms with Crippen molar-refractivity contribution in [2.24, 2.45) is 0 Å². The summed E-state index contributed by atoms with van der Waals surface area (Å²) in [6.07, 6.45) is 0. The fourth-order valence-electron chi connectivity index (χ4n) is 1.10. The number of hydrogen-bond donors (Lipinski definition) is 2. The van der Waals surface area contributed by atoms with E-state index in [0.717, 1.165) is 22.0 Å². The van der Waals surface area contributed by atoms with E-state index in [1.807, 2.05) is 19.1 Å². The molecule has 0 saturated heterocycles. The molecule has 0 fully saturated rings. The van der Waals surface area contributed by atoms with Crippen LogP contribution in [0.3, 0.4) is 0 Å². The zero-order valence-electron chi connectivity index (χ0n) is 8.97. The minimum absolute atomic E-state index is 0.162. The minimum Gasteiger partial charge on any atom is -0.508 e. The first-order valence-corrected chi connectivity index (χ1v) is 6.95. The van der Waals surface area contributed by atoms with Crippen LogP contribution < -0.4 is 0 Å². The summed E-state index contributed by atoms with van der Waals surface area (Å²) in [7, 11) is 0. The van der Waals surface area contributed by atoms with Gasteiger partial charge in [-0.2, -0.15) is 0 Å². The van der Waals surface area contributed by atoms with E-state index in [-0.39, 0.29) is 5.75 Å². The number of carboxylic acid groups (broad SMARTS) is 1. The van der Waals surface area contributed by atoms with Gasteiger partial charge in [0.05, 0.1) is 5.75 Å². The molecule has 0 aromatic heterocycles. The van der Waals surface area contributed by atoms with Crippen molar-refractivity contribution in [2.45, 2.75) is 11.8 Å². The van der Waals surface area contributed by atoms with Crippen molar-refractivity contribution in [3.8, 4) is 5.75 Å². The summed E-state index contributed by atoms with van der Waals surface area (Å²) in [6, 6.07) is 5.48. The summed E-state index contributed by atoms with van der Waals surface area (Å²) in [4.78, 5) is 11.4.